The van der Waals surface area contributed by atoms with E-state index in [1.807, 2.05) is 6.07 Å². The number of amides is 1. The lowest BCUT2D eigenvalue weighted by molar-refractivity contribution is 0.0953. The highest BCUT2D eigenvalue weighted by Gasteiger charge is 2.28. The van der Waals surface area contributed by atoms with Crippen LogP contribution in [0, 0.1) is 0 Å². The summed E-state index contributed by atoms with van der Waals surface area (Å²) in [6, 6.07) is 8.40. The molecule has 116 valence electrons. The molecule has 1 aliphatic rings. The minimum absolute atomic E-state index is 0.306. The molecule has 0 spiro atoms. The number of rotatable bonds is 6. The van der Waals surface area contributed by atoms with Crippen LogP contribution < -0.4 is 16.0 Å². The number of nitrogens with zero attached hydrogens (tertiary/aromatic N) is 1. The van der Waals surface area contributed by atoms with E-state index in [1.54, 1.807) is 18.2 Å². The summed E-state index contributed by atoms with van der Waals surface area (Å²) < 4.78 is 5.78. The lowest BCUT2D eigenvalue weighted by Crippen LogP contribution is -2.37. The van der Waals surface area contributed by atoms with Gasteiger partial charge in [0.1, 0.15) is 12.4 Å². The Morgan fingerprint density at radius 2 is 2.29 bits per heavy atom. The van der Waals surface area contributed by atoms with Crippen LogP contribution >= 0.6 is 0 Å². The molecular formula is C16H25N3O2. The molecular weight excluding hydrogens is 266 g/mol. The van der Waals surface area contributed by atoms with Crippen molar-refractivity contribution in [3.8, 4) is 5.75 Å². The maximum Gasteiger partial charge on any atom is 0.265 e. The second-order valence-corrected chi connectivity index (χ2v) is 5.58. The zero-order valence-electron chi connectivity index (χ0n) is 12.8. The number of benzene rings is 1. The number of ether oxygens (including phenoxy) is 1. The van der Waals surface area contributed by atoms with Crippen LogP contribution in [0.3, 0.4) is 0 Å². The maximum atomic E-state index is 11.5. The van der Waals surface area contributed by atoms with Crippen molar-refractivity contribution >= 4 is 5.91 Å². The summed E-state index contributed by atoms with van der Waals surface area (Å²) in [7, 11) is 0. The zero-order valence-corrected chi connectivity index (χ0v) is 12.8. The molecule has 0 saturated carbocycles. The SMILES string of the molecule is CCC1CCC(C)N1CCOc1cccc(C(=O)NN)c1. The van der Waals surface area contributed by atoms with Gasteiger partial charge in [-0.2, -0.15) is 0 Å². The summed E-state index contributed by atoms with van der Waals surface area (Å²) in [4.78, 5) is 14.0. The van der Waals surface area contributed by atoms with Crippen LogP contribution in [0.4, 0.5) is 0 Å². The maximum absolute atomic E-state index is 11.5. The van der Waals surface area contributed by atoms with Crippen LogP contribution in [-0.2, 0) is 0 Å². The van der Waals surface area contributed by atoms with E-state index in [1.165, 1.54) is 19.3 Å². The average molecular weight is 291 g/mol. The molecule has 5 heteroatoms. The van der Waals surface area contributed by atoms with Gasteiger partial charge in [-0.1, -0.05) is 13.0 Å². The van der Waals surface area contributed by atoms with E-state index in [0.29, 0.717) is 30.0 Å². The minimum Gasteiger partial charge on any atom is -0.492 e. The third kappa shape index (κ3) is 3.95. The molecule has 0 radical (unpaired) electrons. The van der Waals surface area contributed by atoms with Gasteiger partial charge in [0.05, 0.1) is 0 Å². The number of nitrogen functional groups attached to an aromatic ring is 1. The Balaban J connectivity index is 1.87. The molecule has 0 aromatic heterocycles. The normalized spacial score (nSPS) is 22.2. The molecule has 1 saturated heterocycles. The molecule has 1 aromatic rings. The Hall–Kier alpha value is -1.59. The predicted octanol–water partition coefficient (Wildman–Crippen LogP) is 1.93. The summed E-state index contributed by atoms with van der Waals surface area (Å²) >= 11 is 0. The fraction of sp³-hybridized carbons (Fsp3) is 0.562. The molecule has 0 aliphatic carbocycles. The van der Waals surface area contributed by atoms with Crippen molar-refractivity contribution in [2.75, 3.05) is 13.2 Å². The molecule has 21 heavy (non-hydrogen) atoms. The van der Waals surface area contributed by atoms with Crippen molar-refractivity contribution < 1.29 is 9.53 Å². The molecule has 2 atom stereocenters. The molecule has 1 aliphatic heterocycles. The lowest BCUT2D eigenvalue weighted by atomic mass is 10.1. The molecule has 2 rings (SSSR count). The Kier molecular flexibility index (Phi) is 5.59. The lowest BCUT2D eigenvalue weighted by Gasteiger charge is -2.27. The number of hydrogen-bond acceptors (Lipinski definition) is 4. The quantitative estimate of drug-likeness (QED) is 0.477. The van der Waals surface area contributed by atoms with E-state index in [9.17, 15) is 4.79 Å². The van der Waals surface area contributed by atoms with Crippen molar-refractivity contribution in [3.05, 3.63) is 29.8 Å². The largest absolute Gasteiger partial charge is 0.492 e. The van der Waals surface area contributed by atoms with Crippen molar-refractivity contribution in [1.29, 1.82) is 0 Å². The average Bonchev–Trinajstić information content (AvgIpc) is 2.87. The van der Waals surface area contributed by atoms with Crippen LogP contribution in [0.15, 0.2) is 24.3 Å². The zero-order chi connectivity index (χ0) is 15.2. The van der Waals surface area contributed by atoms with Crippen LogP contribution in [0.5, 0.6) is 5.75 Å². The molecule has 1 fully saturated rings. The molecule has 1 heterocycles. The first-order valence-electron chi connectivity index (χ1n) is 7.65. The van der Waals surface area contributed by atoms with Gasteiger partial charge in [0.15, 0.2) is 0 Å². The first-order chi connectivity index (χ1) is 10.2. The first kappa shape index (κ1) is 15.8. The second-order valence-electron chi connectivity index (χ2n) is 5.58. The van der Waals surface area contributed by atoms with E-state index in [0.717, 1.165) is 6.54 Å². The van der Waals surface area contributed by atoms with Gasteiger partial charge in [-0.25, -0.2) is 5.84 Å². The smallest absolute Gasteiger partial charge is 0.265 e. The summed E-state index contributed by atoms with van der Waals surface area (Å²) in [6.07, 6.45) is 3.74. The number of nitrogens with two attached hydrogens (primary N) is 1. The van der Waals surface area contributed by atoms with Crippen molar-refractivity contribution in [2.45, 2.75) is 45.2 Å². The van der Waals surface area contributed by atoms with E-state index >= 15 is 0 Å². The van der Waals surface area contributed by atoms with Crippen LogP contribution in [0.25, 0.3) is 0 Å². The van der Waals surface area contributed by atoms with Gasteiger partial charge in [0.25, 0.3) is 5.91 Å². The summed E-state index contributed by atoms with van der Waals surface area (Å²) in [6.45, 7) is 6.08. The molecule has 3 N–H and O–H groups in total. The number of nitrogens with one attached hydrogen (secondary N) is 1. The monoisotopic (exact) mass is 291 g/mol. The van der Waals surface area contributed by atoms with E-state index in [-0.39, 0.29) is 5.91 Å². The topological polar surface area (TPSA) is 67.6 Å². The van der Waals surface area contributed by atoms with Gasteiger partial charge in [-0.15, -0.1) is 0 Å². The van der Waals surface area contributed by atoms with Gasteiger partial charge in [-0.05, 0) is 44.4 Å². The van der Waals surface area contributed by atoms with Crippen molar-refractivity contribution in [2.24, 2.45) is 5.84 Å². The summed E-state index contributed by atoms with van der Waals surface area (Å²) in [5.41, 5.74) is 2.64. The number of hydrazine groups is 1. The highest BCUT2D eigenvalue weighted by molar-refractivity contribution is 5.94. The van der Waals surface area contributed by atoms with E-state index in [4.69, 9.17) is 10.6 Å². The molecule has 5 nitrogen and oxygen atoms in total. The summed E-state index contributed by atoms with van der Waals surface area (Å²) in [5, 5.41) is 0. The van der Waals surface area contributed by atoms with Crippen LogP contribution in [0.2, 0.25) is 0 Å². The molecule has 0 bridgehead atoms. The number of carbonyl (C=O) groups is 1. The van der Waals surface area contributed by atoms with Gasteiger partial charge in [0.2, 0.25) is 0 Å². The van der Waals surface area contributed by atoms with E-state index < -0.39 is 0 Å². The van der Waals surface area contributed by atoms with Crippen LogP contribution in [0.1, 0.15) is 43.5 Å². The fourth-order valence-corrected chi connectivity index (χ4v) is 3.05. The van der Waals surface area contributed by atoms with Crippen molar-refractivity contribution in [1.82, 2.24) is 10.3 Å². The standard InChI is InChI=1S/C16H25N3O2/c1-3-14-8-7-12(2)19(14)9-10-21-15-6-4-5-13(11-15)16(20)18-17/h4-6,11-12,14H,3,7-10,17H2,1-2H3,(H,18,20). The second kappa shape index (κ2) is 7.43. The Labute approximate surface area is 126 Å². The highest BCUT2D eigenvalue weighted by atomic mass is 16.5. The van der Waals surface area contributed by atoms with Gasteiger partial charge < -0.3 is 4.74 Å². The Bertz CT molecular complexity index is 478. The van der Waals surface area contributed by atoms with E-state index in [2.05, 4.69) is 24.2 Å². The van der Waals surface area contributed by atoms with Gasteiger partial charge in [-0.3, -0.25) is 15.1 Å². The third-order valence-corrected chi connectivity index (χ3v) is 4.27. The molecule has 1 aromatic carbocycles. The minimum atomic E-state index is -0.306. The first-order valence-corrected chi connectivity index (χ1v) is 7.65. The van der Waals surface area contributed by atoms with Crippen molar-refractivity contribution in [3.63, 3.8) is 0 Å². The van der Waals surface area contributed by atoms with Gasteiger partial charge >= 0.3 is 0 Å². The highest BCUT2D eigenvalue weighted by Crippen LogP contribution is 2.25. The predicted molar refractivity (Wildman–Crippen MR) is 83.1 cm³/mol. The Morgan fingerprint density at radius 1 is 1.48 bits per heavy atom. The van der Waals surface area contributed by atoms with Gasteiger partial charge in [0, 0.05) is 24.2 Å². The summed E-state index contributed by atoms with van der Waals surface area (Å²) in [5.74, 6) is 5.53. The number of hydrogen-bond donors (Lipinski definition) is 2. The molecule has 1 amide bonds. The Morgan fingerprint density at radius 3 is 3.00 bits per heavy atom. The number of likely N-dealkylation sites (tertiary alicyclic amines) is 1. The number of carbonyl (C=O) groups excluding carboxylic acids is 1. The third-order valence-electron chi connectivity index (χ3n) is 4.27. The molecule has 2 unspecified atom stereocenters. The fourth-order valence-electron chi connectivity index (χ4n) is 3.05. The van der Waals surface area contributed by atoms with Crippen LogP contribution in [-0.4, -0.2) is 36.0 Å².